The monoisotopic (exact) mass is 692 g/mol. The largest absolute Gasteiger partial charge is 0.0458 e. The van der Waals surface area contributed by atoms with Gasteiger partial charge in [-0.3, -0.25) is 0 Å². The predicted octanol–water partition coefficient (Wildman–Crippen LogP) is 4.51. The summed E-state index contributed by atoms with van der Waals surface area (Å²) in [6.45, 7) is 0. The Morgan fingerprint density at radius 1 is 0.164 bits per heavy atom. The van der Waals surface area contributed by atoms with Gasteiger partial charge in [0.1, 0.15) is 0 Å². The fourth-order valence-corrected chi connectivity index (χ4v) is 61.9. The fraction of sp³-hybridized carbons (Fsp3) is 1.00. The van der Waals surface area contributed by atoms with Crippen LogP contribution in [0.2, 0.25) is 0 Å². The van der Waals surface area contributed by atoms with E-state index in [1.54, 1.807) is 0 Å². The Labute approximate surface area is 312 Å². The standard InChI is InChI=1S/C55H32/c1-5-13-6-2-10-16-20-25-28-26-22-18-12-4-8-14-7-3-11-17-21-24-27-23-19-15-9(1)29(5)33(13)30(6,10)36(16)40(20)45(25)48(28)46(26)42(22)38(18)32(8,12)34(14)31(7,11)37(17)41(21)44(24)47(27)43(23)39(19)35(15,29)49(33,36)51(39,40)53(43,45)55(47,48)54(44,46)52(41,42)50(34,37)38/h5-28H,1-4H2. The van der Waals surface area contributed by atoms with Gasteiger partial charge in [-0.2, -0.15) is 0 Å². The van der Waals surface area contributed by atoms with Gasteiger partial charge in [-0.25, -0.2) is 0 Å². The molecule has 55 heavy (non-hydrogen) atoms. The average molecular weight is 693 g/mol. The van der Waals surface area contributed by atoms with Crippen molar-refractivity contribution in [3.63, 3.8) is 0 Å². The van der Waals surface area contributed by atoms with Crippen LogP contribution in [-0.4, -0.2) is 0 Å². The molecule has 40 saturated carbocycles. The molecule has 0 aliphatic heterocycles. The summed E-state index contributed by atoms with van der Waals surface area (Å²) in [4.78, 5) is 0. The van der Waals surface area contributed by atoms with Crippen LogP contribution in [0, 0.1) is 288 Å². The summed E-state index contributed by atoms with van der Waals surface area (Å²) in [5, 5.41) is 0. The van der Waals surface area contributed by atoms with Crippen molar-refractivity contribution in [2.24, 2.45) is 288 Å². The van der Waals surface area contributed by atoms with Gasteiger partial charge in [0, 0.05) is 0 Å². The van der Waals surface area contributed by atoms with Crippen LogP contribution in [0.3, 0.4) is 0 Å². The van der Waals surface area contributed by atoms with Crippen molar-refractivity contribution >= 4 is 0 Å². The van der Waals surface area contributed by atoms with Gasteiger partial charge in [0.05, 0.1) is 0 Å². The van der Waals surface area contributed by atoms with Gasteiger partial charge in [-0.15, -0.1) is 0 Å². The van der Waals surface area contributed by atoms with Crippen molar-refractivity contribution in [1.29, 1.82) is 0 Å². The topological polar surface area (TPSA) is 0 Å². The van der Waals surface area contributed by atoms with Gasteiger partial charge in [-0.05, 0) is 314 Å². The van der Waals surface area contributed by atoms with Crippen molar-refractivity contribution in [2.75, 3.05) is 0 Å². The van der Waals surface area contributed by atoms with E-state index in [0.29, 0.717) is 0 Å². The van der Waals surface area contributed by atoms with Crippen LogP contribution < -0.4 is 0 Å². The van der Waals surface area contributed by atoms with Crippen molar-refractivity contribution in [3.05, 3.63) is 0 Å². The Hall–Kier alpha value is 0. The Balaban J connectivity index is 0.784. The molecule has 0 saturated heterocycles. The lowest BCUT2D eigenvalue weighted by atomic mass is 8.35. The molecule has 0 heterocycles. The van der Waals surface area contributed by atoms with E-state index in [1.165, 1.54) is 142 Å². The second-order valence-corrected chi connectivity index (χ2v) is 35.9. The highest BCUT2D eigenvalue weighted by Gasteiger charge is 3.70. The number of fused-ring (bicyclic) bond motifs is 20. The molecule has 252 valence electrons. The molecule has 0 heteroatoms. The van der Waals surface area contributed by atoms with Gasteiger partial charge in [0.2, 0.25) is 0 Å². The zero-order valence-corrected chi connectivity index (χ0v) is 30.2. The van der Waals surface area contributed by atoms with Gasteiger partial charge in [-0.1, -0.05) is 0 Å². The molecule has 0 nitrogen and oxygen atoms in total. The quantitative estimate of drug-likeness (QED) is 0.351. The summed E-state index contributed by atoms with van der Waals surface area (Å²) in [6.07, 6.45) is 7.39. The van der Waals surface area contributed by atoms with E-state index in [9.17, 15) is 0 Å². The highest BCUT2D eigenvalue weighted by atomic mass is 15.7. The lowest BCUT2D eigenvalue weighted by Gasteiger charge is -3.67. The van der Waals surface area contributed by atoms with E-state index in [0.717, 1.165) is 146 Å². The molecule has 0 N–H and O–H groups in total. The molecule has 40 fully saturated rings. The van der Waals surface area contributed by atoms with Gasteiger partial charge >= 0.3 is 0 Å². The van der Waals surface area contributed by atoms with Crippen molar-refractivity contribution < 1.29 is 0 Å². The normalized spacial score (nSPS) is 143. The van der Waals surface area contributed by atoms with Crippen LogP contribution in [0.15, 0.2) is 0 Å². The molecule has 0 aromatic carbocycles. The molecule has 0 amide bonds. The second kappa shape index (κ2) is 2.68. The molecule has 40 aliphatic carbocycles. The average Bonchev–Trinajstić information content (AvgIpc) is 3.03. The molecular weight excluding hydrogens is 661 g/mol. The molecule has 0 aromatic heterocycles. The minimum atomic E-state index is 1.11. The summed E-state index contributed by atoms with van der Waals surface area (Å²) < 4.78 is 0. The summed E-state index contributed by atoms with van der Waals surface area (Å²) in [6, 6.07) is 0. The smallest absolute Gasteiger partial charge is 0.000715 e. The van der Waals surface area contributed by atoms with Crippen molar-refractivity contribution in [1.82, 2.24) is 0 Å². The molecule has 0 radical (unpaired) electrons. The number of hydrogen-bond donors (Lipinski definition) is 0. The van der Waals surface area contributed by atoms with E-state index in [2.05, 4.69) is 0 Å². The Bertz CT molecular complexity index is 3310. The molecule has 36 unspecified atom stereocenters. The summed E-state index contributed by atoms with van der Waals surface area (Å²) in [5.74, 6) is 33.7. The molecule has 0 bridgehead atoms. The number of hydrogen-bond acceptors (Lipinski definition) is 0. The molecule has 0 aromatic rings. The minimum Gasteiger partial charge on any atom is -0.0458 e. The van der Waals surface area contributed by atoms with Crippen LogP contribution in [0.5, 0.6) is 0 Å². The predicted molar refractivity (Wildman–Crippen MR) is 168 cm³/mol. The first-order chi connectivity index (χ1) is 27.4. The third-order valence-electron chi connectivity index (χ3n) is 48.3. The van der Waals surface area contributed by atoms with Crippen LogP contribution in [0.25, 0.3) is 0 Å². The highest BCUT2D eigenvalue weighted by Crippen LogP contribution is 3.71. The third kappa shape index (κ3) is 0.382. The Morgan fingerprint density at radius 3 is 0.636 bits per heavy atom. The minimum absolute atomic E-state index is 1.11. The first kappa shape index (κ1) is 18.2. The second-order valence-electron chi connectivity index (χ2n) is 35.9. The van der Waals surface area contributed by atoms with E-state index in [4.69, 9.17) is 0 Å². The maximum atomic E-state index is 1.85. The highest BCUT2D eigenvalue weighted by molar-refractivity contribution is 6.14. The molecular formula is C55H32. The molecule has 40 rings (SSSR count). The molecule has 36 atom stereocenters. The lowest BCUT2D eigenvalue weighted by molar-refractivity contribution is -1.23. The fourth-order valence-electron chi connectivity index (χ4n) is 61.9. The summed E-state index contributed by atoms with van der Waals surface area (Å²) in [7, 11) is 0. The summed E-state index contributed by atoms with van der Waals surface area (Å²) >= 11 is 0. The van der Waals surface area contributed by atoms with E-state index >= 15 is 0 Å². The maximum Gasteiger partial charge on any atom is -0.000715 e. The van der Waals surface area contributed by atoms with Crippen LogP contribution in [0.4, 0.5) is 0 Å². The Morgan fingerprint density at radius 2 is 0.364 bits per heavy atom. The van der Waals surface area contributed by atoms with Crippen LogP contribution >= 0.6 is 0 Å². The number of rotatable bonds is 0. The Kier molecular flexibility index (Phi) is 0.884. The van der Waals surface area contributed by atoms with E-state index in [1.807, 2.05) is 25.7 Å². The molecule has 27 spiro atoms. The van der Waals surface area contributed by atoms with Gasteiger partial charge in [0.15, 0.2) is 0 Å². The lowest BCUT2D eigenvalue weighted by Crippen LogP contribution is -3.66. The van der Waals surface area contributed by atoms with Crippen molar-refractivity contribution in [2.45, 2.75) is 25.7 Å². The SMILES string of the molecule is C1C2C3C4CC5C6C7C8C9C%10C%11C%12C%13CC%14C%15C%16CC%17C%18C%19C%20C%21C%22C%23C%24C1C21C32C45C63C74C85C96C%107C%118C%129C%14%13C%15%10C%16%17C%18%11C%19%12C%20%13C%21%14C%22%15C%23%16C%241C23C%164C%155C%146C%137C%128C%10%119. The summed E-state index contributed by atoms with van der Waals surface area (Å²) in [5.41, 5.74) is 30.6. The van der Waals surface area contributed by atoms with Gasteiger partial charge < -0.3 is 0 Å². The van der Waals surface area contributed by atoms with E-state index < -0.39 is 0 Å². The van der Waals surface area contributed by atoms with Gasteiger partial charge in [0.25, 0.3) is 0 Å². The van der Waals surface area contributed by atoms with E-state index in [-0.39, 0.29) is 0 Å². The first-order valence-electron chi connectivity index (χ1n) is 27.4. The third-order valence-corrected chi connectivity index (χ3v) is 48.3. The zero-order valence-electron chi connectivity index (χ0n) is 30.2. The van der Waals surface area contributed by atoms with Crippen molar-refractivity contribution in [3.8, 4) is 0 Å². The first-order valence-corrected chi connectivity index (χ1v) is 27.4. The van der Waals surface area contributed by atoms with Crippen LogP contribution in [0.1, 0.15) is 25.7 Å². The maximum absolute atomic E-state index is 1.85. The molecule has 40 aliphatic rings. The zero-order chi connectivity index (χ0) is 30.2. The van der Waals surface area contributed by atoms with Crippen LogP contribution in [-0.2, 0) is 0 Å².